The van der Waals surface area contributed by atoms with Gasteiger partial charge in [0.15, 0.2) is 0 Å². The Balaban J connectivity index is 1.73. The van der Waals surface area contributed by atoms with Crippen molar-refractivity contribution in [3.05, 3.63) is 65.7 Å². The van der Waals surface area contributed by atoms with Gasteiger partial charge in [-0.25, -0.2) is 9.69 Å². The third-order valence-corrected chi connectivity index (χ3v) is 5.86. The number of carboxylic acids is 1. The molecule has 3 amide bonds. The molecule has 0 aliphatic carbocycles. The second kappa shape index (κ2) is 8.96. The lowest BCUT2D eigenvalue weighted by atomic mass is 10.1. The predicted molar refractivity (Wildman–Crippen MR) is 115 cm³/mol. The van der Waals surface area contributed by atoms with Gasteiger partial charge < -0.3 is 10.4 Å². The Kier molecular flexibility index (Phi) is 6.37. The molecule has 1 atom stereocenters. The Hall–Kier alpha value is -3.39. The van der Waals surface area contributed by atoms with Gasteiger partial charge in [-0.1, -0.05) is 18.2 Å². The maximum absolute atomic E-state index is 12.9. The number of benzene rings is 2. The van der Waals surface area contributed by atoms with Gasteiger partial charge in [0, 0.05) is 29.2 Å². The molecule has 0 spiro atoms. The Morgan fingerprint density at radius 3 is 2.60 bits per heavy atom. The topological polar surface area (TPSA) is 104 Å². The predicted octanol–water partition coefficient (Wildman–Crippen LogP) is 3.31. The Morgan fingerprint density at radius 1 is 1.13 bits per heavy atom. The number of anilines is 2. The summed E-state index contributed by atoms with van der Waals surface area (Å²) in [4.78, 5) is 49.7. The number of carbonyl (C=O) groups excluding carboxylic acids is 3. The average molecular weight is 424 g/mol. The van der Waals surface area contributed by atoms with Gasteiger partial charge in [0.05, 0.1) is 10.9 Å². The van der Waals surface area contributed by atoms with Crippen LogP contribution in [0.1, 0.15) is 17.5 Å². The molecule has 154 valence electrons. The smallest absolute Gasteiger partial charge is 0.328 e. The lowest BCUT2D eigenvalue weighted by Crippen LogP contribution is -2.31. The fraction of sp³-hybridized carbons (Fsp3) is 0.182. The summed E-state index contributed by atoms with van der Waals surface area (Å²) in [5.41, 5.74) is 2.97. The molecule has 2 aromatic carbocycles. The van der Waals surface area contributed by atoms with Gasteiger partial charge in [0.1, 0.15) is 0 Å². The third-order valence-electron chi connectivity index (χ3n) is 4.68. The standard InChI is InChI=1S/C22H20N2O5S/c1-13-5-3-8-17(14(13)2)24-20(26)12-18(22(24)29)30-16-7-4-6-15(11-16)23-19(25)9-10-21(27)28/h3-11,18H,12H2,1-2H3,(H,23,25)(H,27,28)/b10-9+. The number of amides is 3. The largest absolute Gasteiger partial charge is 0.478 e. The van der Waals surface area contributed by atoms with E-state index in [0.29, 0.717) is 16.3 Å². The van der Waals surface area contributed by atoms with Crippen LogP contribution in [0.2, 0.25) is 0 Å². The number of imide groups is 1. The van der Waals surface area contributed by atoms with Crippen molar-refractivity contribution in [1.29, 1.82) is 0 Å². The van der Waals surface area contributed by atoms with Crippen LogP contribution in [0.25, 0.3) is 0 Å². The van der Waals surface area contributed by atoms with Gasteiger partial charge in [-0.3, -0.25) is 14.4 Å². The van der Waals surface area contributed by atoms with E-state index in [4.69, 9.17) is 5.11 Å². The Morgan fingerprint density at radius 2 is 1.87 bits per heavy atom. The highest BCUT2D eigenvalue weighted by molar-refractivity contribution is 8.00. The zero-order chi connectivity index (χ0) is 21.8. The van der Waals surface area contributed by atoms with Gasteiger partial charge in [0.25, 0.3) is 0 Å². The second-order valence-corrected chi connectivity index (χ2v) is 8.06. The van der Waals surface area contributed by atoms with Gasteiger partial charge in [0.2, 0.25) is 17.7 Å². The molecular formula is C22H20N2O5S. The monoisotopic (exact) mass is 424 g/mol. The molecule has 1 saturated heterocycles. The van der Waals surface area contributed by atoms with Crippen LogP contribution in [0, 0.1) is 13.8 Å². The maximum Gasteiger partial charge on any atom is 0.328 e. The van der Waals surface area contributed by atoms with Crippen LogP contribution in [-0.2, 0) is 19.2 Å². The summed E-state index contributed by atoms with van der Waals surface area (Å²) >= 11 is 1.26. The van der Waals surface area contributed by atoms with Crippen LogP contribution < -0.4 is 10.2 Å². The van der Waals surface area contributed by atoms with Gasteiger partial charge in [-0.2, -0.15) is 0 Å². The van der Waals surface area contributed by atoms with Crippen molar-refractivity contribution in [3.63, 3.8) is 0 Å². The van der Waals surface area contributed by atoms with Gasteiger partial charge in [-0.15, -0.1) is 11.8 Å². The van der Waals surface area contributed by atoms with Crippen molar-refractivity contribution < 1.29 is 24.3 Å². The first kappa shape index (κ1) is 21.3. The molecule has 1 unspecified atom stereocenters. The molecule has 7 nitrogen and oxygen atoms in total. The summed E-state index contributed by atoms with van der Waals surface area (Å²) in [7, 11) is 0. The summed E-state index contributed by atoms with van der Waals surface area (Å²) in [6.07, 6.45) is 1.76. The first-order chi connectivity index (χ1) is 14.3. The molecule has 0 bridgehead atoms. The number of hydrogen-bond acceptors (Lipinski definition) is 5. The van der Waals surface area contributed by atoms with Crippen LogP contribution >= 0.6 is 11.8 Å². The zero-order valence-corrected chi connectivity index (χ0v) is 17.2. The molecule has 1 fully saturated rings. The molecule has 1 aliphatic heterocycles. The van der Waals surface area contributed by atoms with Crippen molar-refractivity contribution in [3.8, 4) is 0 Å². The normalized spacial score (nSPS) is 16.3. The van der Waals surface area contributed by atoms with E-state index in [2.05, 4.69) is 5.32 Å². The molecule has 0 aromatic heterocycles. The number of aryl methyl sites for hydroxylation is 1. The quantitative estimate of drug-likeness (QED) is 0.545. The van der Waals surface area contributed by atoms with Crippen molar-refractivity contribution in [2.24, 2.45) is 0 Å². The van der Waals surface area contributed by atoms with Crippen molar-refractivity contribution in [2.75, 3.05) is 10.2 Å². The highest BCUT2D eigenvalue weighted by Crippen LogP contribution is 2.36. The summed E-state index contributed by atoms with van der Waals surface area (Å²) in [6.45, 7) is 3.82. The number of nitrogens with zero attached hydrogens (tertiary/aromatic N) is 1. The lowest BCUT2D eigenvalue weighted by molar-refractivity contribution is -0.131. The lowest BCUT2D eigenvalue weighted by Gasteiger charge is -2.18. The molecule has 1 heterocycles. The van der Waals surface area contributed by atoms with Crippen LogP contribution in [0.4, 0.5) is 11.4 Å². The number of rotatable bonds is 6. The van der Waals surface area contributed by atoms with E-state index in [0.717, 1.165) is 23.3 Å². The molecule has 2 aromatic rings. The molecule has 1 aliphatic rings. The van der Waals surface area contributed by atoms with E-state index >= 15 is 0 Å². The maximum atomic E-state index is 12.9. The summed E-state index contributed by atoms with van der Waals surface area (Å²) in [5, 5.41) is 10.6. The first-order valence-electron chi connectivity index (χ1n) is 9.18. The van der Waals surface area contributed by atoms with Gasteiger partial charge >= 0.3 is 5.97 Å². The third kappa shape index (κ3) is 4.77. The van der Waals surface area contributed by atoms with E-state index in [1.54, 1.807) is 30.3 Å². The van der Waals surface area contributed by atoms with Crippen LogP contribution in [0.5, 0.6) is 0 Å². The van der Waals surface area contributed by atoms with Crippen LogP contribution in [0.3, 0.4) is 0 Å². The second-order valence-electron chi connectivity index (χ2n) is 6.79. The van der Waals surface area contributed by atoms with E-state index in [9.17, 15) is 19.2 Å². The fourth-order valence-electron chi connectivity index (χ4n) is 3.07. The minimum Gasteiger partial charge on any atom is -0.478 e. The fourth-order valence-corrected chi connectivity index (χ4v) is 4.18. The summed E-state index contributed by atoms with van der Waals surface area (Å²) in [6, 6.07) is 12.3. The van der Waals surface area contributed by atoms with Gasteiger partial charge in [-0.05, 0) is 49.2 Å². The summed E-state index contributed by atoms with van der Waals surface area (Å²) < 4.78 is 0. The minimum absolute atomic E-state index is 0.0921. The van der Waals surface area contributed by atoms with E-state index < -0.39 is 17.1 Å². The van der Waals surface area contributed by atoms with E-state index in [-0.39, 0.29) is 18.2 Å². The molecule has 2 N–H and O–H groups in total. The van der Waals surface area contributed by atoms with E-state index in [1.165, 1.54) is 16.7 Å². The Labute approximate surface area is 177 Å². The van der Waals surface area contributed by atoms with Crippen LogP contribution in [-0.4, -0.2) is 34.0 Å². The highest BCUT2D eigenvalue weighted by atomic mass is 32.2. The van der Waals surface area contributed by atoms with Crippen LogP contribution in [0.15, 0.2) is 59.5 Å². The first-order valence-corrected chi connectivity index (χ1v) is 10.1. The van der Waals surface area contributed by atoms with E-state index in [1.807, 2.05) is 26.0 Å². The number of carboxylic acid groups (broad SMARTS) is 1. The zero-order valence-electron chi connectivity index (χ0n) is 16.4. The molecule has 0 radical (unpaired) electrons. The molecule has 0 saturated carbocycles. The number of aliphatic carboxylic acids is 1. The number of hydrogen-bond donors (Lipinski definition) is 2. The van der Waals surface area contributed by atoms with Crippen molar-refractivity contribution in [2.45, 2.75) is 30.4 Å². The minimum atomic E-state index is -1.22. The highest BCUT2D eigenvalue weighted by Gasteiger charge is 2.40. The average Bonchev–Trinajstić information content (AvgIpc) is 2.96. The Bertz CT molecular complexity index is 1060. The summed E-state index contributed by atoms with van der Waals surface area (Å²) in [5.74, 6) is -2.30. The molecule has 8 heteroatoms. The van der Waals surface area contributed by atoms with Crippen molar-refractivity contribution in [1.82, 2.24) is 0 Å². The number of thioether (sulfide) groups is 1. The molecule has 3 rings (SSSR count). The molecule has 30 heavy (non-hydrogen) atoms. The SMILES string of the molecule is Cc1cccc(N2C(=O)CC(Sc3cccc(NC(=O)/C=C/C(=O)O)c3)C2=O)c1C. The molecular weight excluding hydrogens is 404 g/mol. The van der Waals surface area contributed by atoms with Crippen molar-refractivity contribution >= 4 is 46.8 Å². The number of carbonyl (C=O) groups is 4. The number of nitrogens with one attached hydrogen (secondary N) is 1.